The Morgan fingerprint density at radius 2 is 1.00 bits per heavy atom. The molecule has 0 aromatic carbocycles. The van der Waals surface area contributed by atoms with Crippen LogP contribution in [-0.2, 0) is 19.5 Å². The maximum atomic E-state index is 7.10. The summed E-state index contributed by atoms with van der Waals surface area (Å²) in [6.45, 7) is 0. The molecular formula is C2B2N2Zn. The van der Waals surface area contributed by atoms with Gasteiger partial charge in [0.1, 0.15) is 0 Å². The van der Waals surface area contributed by atoms with Crippen LogP contribution in [0.5, 0.6) is 0 Å². The fourth-order valence-corrected chi connectivity index (χ4v) is 0. The van der Waals surface area contributed by atoms with Crippen LogP contribution in [0.4, 0.5) is 0 Å². The topological polar surface area (TPSA) is 47.6 Å². The molecule has 0 N–H and O–H groups in total. The molecule has 0 fully saturated rings. The molecule has 7 heavy (non-hydrogen) atoms. The van der Waals surface area contributed by atoms with E-state index in [1.165, 1.54) is 11.9 Å². The van der Waals surface area contributed by atoms with Crippen LogP contribution in [0.3, 0.4) is 0 Å². The maximum Gasteiger partial charge on any atom is 2.00 e. The molecule has 0 spiro atoms. The third-order valence-electron chi connectivity index (χ3n) is 0. The molecule has 0 atom stereocenters. The van der Waals surface area contributed by atoms with E-state index in [2.05, 4.69) is 15.7 Å². The first-order valence-electron chi connectivity index (χ1n) is 1.02. The van der Waals surface area contributed by atoms with Gasteiger partial charge in [-0.3, -0.25) is 22.5 Å². The Bertz CT molecular complexity index is 68.7. The van der Waals surface area contributed by atoms with Crippen LogP contribution in [0.15, 0.2) is 0 Å². The van der Waals surface area contributed by atoms with E-state index in [0.717, 1.165) is 0 Å². The number of nitriles is 2. The number of nitrogens with zero attached hydrogens (tertiary/aromatic N) is 2. The third kappa shape index (κ3) is 1120. The number of hydrogen-bond donors (Lipinski definition) is 0. The molecule has 0 aromatic heterocycles. The van der Waals surface area contributed by atoms with Gasteiger partial charge in [0.05, 0.1) is 0 Å². The fourth-order valence-electron chi connectivity index (χ4n) is 0. The van der Waals surface area contributed by atoms with Crippen molar-refractivity contribution in [3.63, 3.8) is 0 Å². The second-order valence-electron chi connectivity index (χ2n) is 0.258. The zero-order valence-electron chi connectivity index (χ0n) is 3.76. The monoisotopic (exact) mass is 138 g/mol. The molecule has 26 valence electrons. The quantitative estimate of drug-likeness (QED) is 0.415. The SMILES string of the molecule is [B-]C#N.[B-]C#N.[Zn+2]. The molecule has 6 radical (unpaired) electrons. The summed E-state index contributed by atoms with van der Waals surface area (Å²) in [7, 11) is 8.31. The van der Waals surface area contributed by atoms with Crippen LogP contribution in [-0.4, -0.2) is 15.7 Å². The molecular weight excluding hydrogens is 139 g/mol. The number of rotatable bonds is 0. The van der Waals surface area contributed by atoms with E-state index >= 15 is 0 Å². The van der Waals surface area contributed by atoms with Crippen molar-refractivity contribution in [2.45, 2.75) is 0 Å². The molecule has 0 amide bonds. The summed E-state index contributed by atoms with van der Waals surface area (Å²) in [5.41, 5.74) is 0. The molecule has 0 aliphatic heterocycles. The van der Waals surface area contributed by atoms with E-state index in [4.69, 9.17) is 10.5 Å². The van der Waals surface area contributed by atoms with E-state index < -0.39 is 0 Å². The number of hydrogen-bond acceptors (Lipinski definition) is 2. The van der Waals surface area contributed by atoms with Gasteiger partial charge in [-0.25, -0.2) is 0 Å². The zero-order valence-corrected chi connectivity index (χ0v) is 6.72. The van der Waals surface area contributed by atoms with Crippen molar-refractivity contribution < 1.29 is 19.5 Å². The Hall–Kier alpha value is -0.267. The van der Waals surface area contributed by atoms with Crippen LogP contribution in [0.1, 0.15) is 0 Å². The van der Waals surface area contributed by atoms with Gasteiger partial charge in [0.25, 0.3) is 0 Å². The van der Waals surface area contributed by atoms with Crippen molar-refractivity contribution >= 4 is 15.7 Å². The minimum Gasteiger partial charge on any atom is -0.466 e. The van der Waals surface area contributed by atoms with Crippen molar-refractivity contribution in [3.8, 4) is 11.9 Å². The van der Waals surface area contributed by atoms with Crippen molar-refractivity contribution in [2.75, 3.05) is 0 Å². The van der Waals surface area contributed by atoms with Gasteiger partial charge in [-0.1, -0.05) is 0 Å². The molecule has 0 unspecified atom stereocenters. The smallest absolute Gasteiger partial charge is 0.466 e. The van der Waals surface area contributed by atoms with Gasteiger partial charge in [-0.05, 0) is 0 Å². The summed E-state index contributed by atoms with van der Waals surface area (Å²) >= 11 is 0. The second-order valence-corrected chi connectivity index (χ2v) is 0.258. The van der Waals surface area contributed by atoms with Crippen LogP contribution in [0.2, 0.25) is 0 Å². The molecule has 0 saturated heterocycles. The Morgan fingerprint density at radius 1 is 1.00 bits per heavy atom. The minimum absolute atomic E-state index is 0. The average molecular weight is 139 g/mol. The zero-order chi connectivity index (χ0) is 5.41. The first-order valence-corrected chi connectivity index (χ1v) is 1.02. The fraction of sp³-hybridized carbons (Fsp3) is 0. The minimum atomic E-state index is 0. The molecule has 0 bridgehead atoms. The van der Waals surface area contributed by atoms with Gasteiger partial charge >= 0.3 is 19.5 Å². The molecule has 2 nitrogen and oxygen atoms in total. The first-order chi connectivity index (χ1) is 2.83. The van der Waals surface area contributed by atoms with E-state index in [9.17, 15) is 0 Å². The molecule has 5 heteroatoms. The van der Waals surface area contributed by atoms with E-state index in [1.54, 1.807) is 0 Å². The maximum absolute atomic E-state index is 7.10. The molecule has 0 saturated carbocycles. The predicted octanol–water partition coefficient (Wildman–Crippen LogP) is -0.731. The third-order valence-corrected chi connectivity index (χ3v) is 0. The van der Waals surface area contributed by atoms with Crippen LogP contribution in [0, 0.1) is 22.5 Å². The summed E-state index contributed by atoms with van der Waals surface area (Å²) in [5.74, 6) is 2.50. The Balaban J connectivity index is -0.0000000400. The summed E-state index contributed by atoms with van der Waals surface area (Å²) in [4.78, 5) is 0. The van der Waals surface area contributed by atoms with Crippen molar-refractivity contribution in [1.29, 1.82) is 10.5 Å². The first kappa shape index (κ1) is 15.9. The predicted molar refractivity (Wildman–Crippen MR) is 22.7 cm³/mol. The molecule has 0 rings (SSSR count). The van der Waals surface area contributed by atoms with E-state index in [-0.39, 0.29) is 19.5 Å². The molecule has 0 aliphatic carbocycles. The van der Waals surface area contributed by atoms with E-state index in [1.807, 2.05) is 0 Å². The largest absolute Gasteiger partial charge is 2.00 e. The Labute approximate surface area is 58.1 Å². The van der Waals surface area contributed by atoms with Crippen molar-refractivity contribution in [3.05, 3.63) is 0 Å². The van der Waals surface area contributed by atoms with Crippen molar-refractivity contribution in [2.24, 2.45) is 0 Å². The standard InChI is InChI=1S/2CBN.Zn/c2*2-1-3;/q2*-1;+2. The van der Waals surface area contributed by atoms with Gasteiger partial charge in [-0.2, -0.15) is 0 Å². The van der Waals surface area contributed by atoms with Crippen molar-refractivity contribution in [1.82, 2.24) is 0 Å². The molecule has 0 aliphatic rings. The summed E-state index contributed by atoms with van der Waals surface area (Å²) in [5, 5.41) is 14.2. The van der Waals surface area contributed by atoms with Gasteiger partial charge in [-0.15, -0.1) is 0 Å². The normalized spacial score (nSPS) is 2.29. The van der Waals surface area contributed by atoms with Gasteiger partial charge < -0.3 is 15.7 Å². The van der Waals surface area contributed by atoms with Crippen LogP contribution < -0.4 is 0 Å². The van der Waals surface area contributed by atoms with E-state index in [0.29, 0.717) is 0 Å². The molecule has 0 heterocycles. The molecule has 0 aromatic rings. The second kappa shape index (κ2) is 42.8. The summed E-state index contributed by atoms with van der Waals surface area (Å²) < 4.78 is 0. The summed E-state index contributed by atoms with van der Waals surface area (Å²) in [6.07, 6.45) is 0. The summed E-state index contributed by atoms with van der Waals surface area (Å²) in [6, 6.07) is 0. The van der Waals surface area contributed by atoms with Crippen LogP contribution >= 0.6 is 0 Å². The van der Waals surface area contributed by atoms with Gasteiger partial charge in [0.2, 0.25) is 0 Å². The van der Waals surface area contributed by atoms with Gasteiger partial charge in [0.15, 0.2) is 0 Å². The Kier molecular flexibility index (Phi) is 97.0. The average Bonchev–Trinajstić information content (AvgIpc) is 1.39. The van der Waals surface area contributed by atoms with Crippen LogP contribution in [0.25, 0.3) is 0 Å². The van der Waals surface area contributed by atoms with Gasteiger partial charge in [0, 0.05) is 0 Å². The Morgan fingerprint density at radius 3 is 1.00 bits per heavy atom.